The molecule has 0 heterocycles. The molecule has 0 aliphatic heterocycles. The minimum absolute atomic E-state index is 0.164. The summed E-state index contributed by atoms with van der Waals surface area (Å²) in [6.45, 7) is 0.658. The predicted octanol–water partition coefficient (Wildman–Crippen LogP) is 3.97. The monoisotopic (exact) mass is 271 g/mol. The molecule has 0 spiro atoms. The Kier molecular flexibility index (Phi) is 5.75. The molecule has 20 heavy (non-hydrogen) atoms. The molecule has 106 valence electrons. The van der Waals surface area contributed by atoms with Crippen molar-refractivity contribution in [1.82, 2.24) is 0 Å². The molecule has 2 aromatic carbocycles. The van der Waals surface area contributed by atoms with Gasteiger partial charge in [-0.25, -0.2) is 4.39 Å². The van der Waals surface area contributed by atoms with Crippen molar-refractivity contribution < 1.29 is 4.39 Å². The highest BCUT2D eigenvalue weighted by molar-refractivity contribution is 5.17. The molecule has 2 aromatic rings. The van der Waals surface area contributed by atoms with Crippen molar-refractivity contribution in [2.45, 2.75) is 25.7 Å². The lowest BCUT2D eigenvalue weighted by molar-refractivity contribution is 0.474. The lowest BCUT2D eigenvalue weighted by Crippen LogP contribution is -2.17. The zero-order valence-corrected chi connectivity index (χ0v) is 11.8. The SMILES string of the molecule is NCC(CCCc1ccccc1)Cc1cccc(F)c1. The fourth-order valence-electron chi connectivity index (χ4n) is 2.54. The van der Waals surface area contributed by atoms with Gasteiger partial charge in [-0.2, -0.15) is 0 Å². The molecule has 1 unspecified atom stereocenters. The molecular formula is C18H22FN. The van der Waals surface area contributed by atoms with Crippen molar-refractivity contribution in [2.75, 3.05) is 6.54 Å². The van der Waals surface area contributed by atoms with Crippen molar-refractivity contribution in [3.05, 3.63) is 71.5 Å². The summed E-state index contributed by atoms with van der Waals surface area (Å²) < 4.78 is 13.2. The van der Waals surface area contributed by atoms with Gasteiger partial charge in [-0.3, -0.25) is 0 Å². The van der Waals surface area contributed by atoms with Crippen LogP contribution < -0.4 is 5.73 Å². The first-order valence-corrected chi connectivity index (χ1v) is 7.26. The van der Waals surface area contributed by atoms with Crippen LogP contribution in [0.15, 0.2) is 54.6 Å². The van der Waals surface area contributed by atoms with Crippen LogP contribution in [0.4, 0.5) is 4.39 Å². The Morgan fingerprint density at radius 3 is 2.40 bits per heavy atom. The van der Waals surface area contributed by atoms with Crippen LogP contribution in [0.5, 0.6) is 0 Å². The van der Waals surface area contributed by atoms with E-state index in [1.54, 1.807) is 12.1 Å². The molecule has 2 heteroatoms. The number of benzene rings is 2. The van der Waals surface area contributed by atoms with E-state index in [4.69, 9.17) is 5.73 Å². The Bertz CT molecular complexity index is 510. The quantitative estimate of drug-likeness (QED) is 0.810. The molecule has 0 bridgehead atoms. The third-order valence-electron chi connectivity index (χ3n) is 3.67. The highest BCUT2D eigenvalue weighted by atomic mass is 19.1. The molecule has 1 atom stereocenters. The first kappa shape index (κ1) is 14.7. The molecule has 2 N–H and O–H groups in total. The fraction of sp³-hybridized carbons (Fsp3) is 0.333. The van der Waals surface area contributed by atoms with Crippen molar-refractivity contribution in [2.24, 2.45) is 11.7 Å². The van der Waals surface area contributed by atoms with Crippen molar-refractivity contribution in [3.8, 4) is 0 Å². The summed E-state index contributed by atoms with van der Waals surface area (Å²) in [6, 6.07) is 17.3. The molecule has 0 saturated carbocycles. The molecule has 0 aromatic heterocycles. The third-order valence-corrected chi connectivity index (χ3v) is 3.67. The summed E-state index contributed by atoms with van der Waals surface area (Å²) in [5.41, 5.74) is 8.26. The number of aryl methyl sites for hydroxylation is 1. The van der Waals surface area contributed by atoms with E-state index in [1.807, 2.05) is 12.1 Å². The zero-order chi connectivity index (χ0) is 14.2. The highest BCUT2D eigenvalue weighted by Gasteiger charge is 2.08. The van der Waals surface area contributed by atoms with Crippen molar-refractivity contribution in [3.63, 3.8) is 0 Å². The topological polar surface area (TPSA) is 26.0 Å². The molecule has 2 rings (SSSR count). The summed E-state index contributed by atoms with van der Waals surface area (Å²) in [5.74, 6) is 0.267. The first-order valence-electron chi connectivity index (χ1n) is 7.26. The van der Waals surface area contributed by atoms with Crippen LogP contribution in [-0.4, -0.2) is 6.54 Å². The molecule has 0 amide bonds. The van der Waals surface area contributed by atoms with E-state index in [1.165, 1.54) is 11.6 Å². The maximum Gasteiger partial charge on any atom is 0.123 e. The van der Waals surface area contributed by atoms with Crippen LogP contribution in [-0.2, 0) is 12.8 Å². The van der Waals surface area contributed by atoms with E-state index in [-0.39, 0.29) is 5.82 Å². The second-order valence-corrected chi connectivity index (χ2v) is 5.31. The Labute approximate surface area is 120 Å². The summed E-state index contributed by atoms with van der Waals surface area (Å²) >= 11 is 0. The van der Waals surface area contributed by atoms with Crippen LogP contribution in [0.25, 0.3) is 0 Å². The number of hydrogen-bond donors (Lipinski definition) is 1. The zero-order valence-electron chi connectivity index (χ0n) is 11.8. The summed E-state index contributed by atoms with van der Waals surface area (Å²) in [4.78, 5) is 0. The molecule has 0 aliphatic carbocycles. The lowest BCUT2D eigenvalue weighted by atomic mass is 9.93. The molecule has 0 fully saturated rings. The highest BCUT2D eigenvalue weighted by Crippen LogP contribution is 2.16. The molecule has 1 nitrogen and oxygen atoms in total. The van der Waals surface area contributed by atoms with Gasteiger partial charge in [-0.1, -0.05) is 42.5 Å². The normalized spacial score (nSPS) is 12.3. The average molecular weight is 271 g/mol. The van der Waals surface area contributed by atoms with Crippen LogP contribution in [0, 0.1) is 11.7 Å². The Morgan fingerprint density at radius 2 is 1.70 bits per heavy atom. The second kappa shape index (κ2) is 7.81. The van der Waals surface area contributed by atoms with Crippen molar-refractivity contribution >= 4 is 0 Å². The first-order chi connectivity index (χ1) is 9.78. The molecular weight excluding hydrogens is 249 g/mol. The predicted molar refractivity (Wildman–Crippen MR) is 82.0 cm³/mol. The van der Waals surface area contributed by atoms with Crippen LogP contribution in [0.3, 0.4) is 0 Å². The Balaban J connectivity index is 1.80. The second-order valence-electron chi connectivity index (χ2n) is 5.31. The van der Waals surface area contributed by atoms with Gasteiger partial charge in [-0.15, -0.1) is 0 Å². The van der Waals surface area contributed by atoms with Gasteiger partial charge in [0.2, 0.25) is 0 Å². The fourth-order valence-corrected chi connectivity index (χ4v) is 2.54. The van der Waals surface area contributed by atoms with Gasteiger partial charge < -0.3 is 5.73 Å². The van der Waals surface area contributed by atoms with Gasteiger partial charge >= 0.3 is 0 Å². The van der Waals surface area contributed by atoms with Gasteiger partial charge in [0.05, 0.1) is 0 Å². The maximum absolute atomic E-state index is 13.2. The number of nitrogens with two attached hydrogens (primary N) is 1. The van der Waals surface area contributed by atoms with E-state index >= 15 is 0 Å². The summed E-state index contributed by atoms with van der Waals surface area (Å²) in [5, 5.41) is 0. The van der Waals surface area contributed by atoms with Crippen molar-refractivity contribution in [1.29, 1.82) is 0 Å². The van der Waals surface area contributed by atoms with E-state index in [0.29, 0.717) is 12.5 Å². The standard InChI is InChI=1S/C18H22FN/c19-18-11-5-9-16(13-18)12-17(14-20)10-4-8-15-6-2-1-3-7-15/h1-3,5-7,9,11,13,17H,4,8,10,12,14,20H2. The number of rotatable bonds is 7. The number of halogens is 1. The third kappa shape index (κ3) is 4.78. The van der Waals surface area contributed by atoms with Crippen LogP contribution in [0.1, 0.15) is 24.0 Å². The van der Waals surface area contributed by atoms with Crippen LogP contribution >= 0.6 is 0 Å². The lowest BCUT2D eigenvalue weighted by Gasteiger charge is -2.14. The average Bonchev–Trinajstić information content (AvgIpc) is 2.47. The molecule has 0 saturated heterocycles. The van der Waals surface area contributed by atoms with Crippen LogP contribution in [0.2, 0.25) is 0 Å². The maximum atomic E-state index is 13.2. The minimum Gasteiger partial charge on any atom is -0.330 e. The van der Waals surface area contributed by atoms with Gasteiger partial charge in [0.1, 0.15) is 5.82 Å². The largest absolute Gasteiger partial charge is 0.330 e. The minimum atomic E-state index is -0.164. The summed E-state index contributed by atoms with van der Waals surface area (Å²) in [7, 11) is 0. The number of hydrogen-bond acceptors (Lipinski definition) is 1. The molecule has 0 aliphatic rings. The van der Waals surface area contributed by atoms with E-state index < -0.39 is 0 Å². The Morgan fingerprint density at radius 1 is 0.950 bits per heavy atom. The smallest absolute Gasteiger partial charge is 0.123 e. The summed E-state index contributed by atoms with van der Waals surface area (Å²) in [6.07, 6.45) is 4.16. The van der Waals surface area contributed by atoms with Gasteiger partial charge in [0, 0.05) is 0 Å². The van der Waals surface area contributed by atoms with E-state index in [0.717, 1.165) is 31.2 Å². The van der Waals surface area contributed by atoms with E-state index in [2.05, 4.69) is 24.3 Å². The Hall–Kier alpha value is -1.67. The van der Waals surface area contributed by atoms with Gasteiger partial charge in [-0.05, 0) is 61.4 Å². The molecule has 0 radical (unpaired) electrons. The van der Waals surface area contributed by atoms with Gasteiger partial charge in [0.25, 0.3) is 0 Å². The van der Waals surface area contributed by atoms with E-state index in [9.17, 15) is 4.39 Å². The van der Waals surface area contributed by atoms with Gasteiger partial charge in [0.15, 0.2) is 0 Å².